The second-order valence-electron chi connectivity index (χ2n) is 7.28. The van der Waals surface area contributed by atoms with Crippen LogP contribution in [0.3, 0.4) is 0 Å². The van der Waals surface area contributed by atoms with Gasteiger partial charge in [0, 0.05) is 47.8 Å². The Balaban J connectivity index is 2.01. The number of halogens is 3. The SMILES string of the molecule is Cn1cc(-c2cc(S(C)(=O)=O)ccc2Oc2ccc(F)cc2F)c2cc(CCl)[nH]c2c1=O. The highest BCUT2D eigenvalue weighted by Gasteiger charge is 2.20. The fraction of sp³-hybridized carbons (Fsp3) is 0.136. The minimum absolute atomic E-state index is 0.00883. The van der Waals surface area contributed by atoms with Crippen LogP contribution in [0.15, 0.2) is 58.4 Å². The number of aromatic amines is 1. The standard InChI is InChI=1S/C22H17ClF2N2O4S/c1-27-11-17(16-8-13(10-23)26-21(16)22(27)28)15-9-14(32(2,29)30)4-6-19(15)31-20-5-3-12(24)7-18(20)25/h3-9,11,26H,10H2,1-2H3. The van der Waals surface area contributed by atoms with Crippen molar-refractivity contribution in [1.29, 1.82) is 0 Å². The Morgan fingerprint density at radius 1 is 1.06 bits per heavy atom. The Bertz CT molecular complexity index is 1530. The molecule has 0 amide bonds. The third kappa shape index (κ3) is 4.01. The molecular weight excluding hydrogens is 462 g/mol. The second kappa shape index (κ2) is 8.07. The molecule has 0 atom stereocenters. The van der Waals surface area contributed by atoms with Gasteiger partial charge in [0.2, 0.25) is 0 Å². The van der Waals surface area contributed by atoms with Crippen LogP contribution >= 0.6 is 11.6 Å². The minimum Gasteiger partial charge on any atom is -0.454 e. The number of aryl methyl sites for hydroxylation is 1. The molecule has 2 aromatic heterocycles. The van der Waals surface area contributed by atoms with E-state index in [1.165, 1.54) is 29.0 Å². The van der Waals surface area contributed by atoms with E-state index in [1.807, 2.05) is 0 Å². The number of rotatable bonds is 5. The predicted octanol–water partition coefficient (Wildman–Crippen LogP) is 4.75. The van der Waals surface area contributed by atoms with Crippen LogP contribution in [-0.2, 0) is 22.8 Å². The summed E-state index contributed by atoms with van der Waals surface area (Å²) in [5, 5.41) is 0.499. The highest BCUT2D eigenvalue weighted by molar-refractivity contribution is 7.90. The fourth-order valence-corrected chi connectivity index (χ4v) is 4.18. The van der Waals surface area contributed by atoms with Gasteiger partial charge in [0.05, 0.1) is 10.8 Å². The Morgan fingerprint density at radius 3 is 2.44 bits per heavy atom. The number of ether oxygens (including phenoxy) is 1. The molecule has 0 spiro atoms. The van der Waals surface area contributed by atoms with E-state index in [0.29, 0.717) is 28.3 Å². The van der Waals surface area contributed by atoms with Crippen molar-refractivity contribution < 1.29 is 21.9 Å². The summed E-state index contributed by atoms with van der Waals surface area (Å²) in [6.07, 6.45) is 2.59. The van der Waals surface area contributed by atoms with Gasteiger partial charge in [-0.25, -0.2) is 17.2 Å². The fourth-order valence-electron chi connectivity index (χ4n) is 3.39. The number of nitrogens with one attached hydrogen (secondary N) is 1. The summed E-state index contributed by atoms with van der Waals surface area (Å²) >= 11 is 5.93. The lowest BCUT2D eigenvalue weighted by Crippen LogP contribution is -2.16. The van der Waals surface area contributed by atoms with Crippen LogP contribution in [0.1, 0.15) is 5.69 Å². The molecule has 0 saturated heterocycles. The summed E-state index contributed by atoms with van der Waals surface area (Å²) in [5.74, 6) is -1.67. The molecule has 4 rings (SSSR count). The number of hydrogen-bond donors (Lipinski definition) is 1. The van der Waals surface area contributed by atoms with Gasteiger partial charge in [-0.3, -0.25) is 4.79 Å². The molecule has 32 heavy (non-hydrogen) atoms. The zero-order valence-corrected chi connectivity index (χ0v) is 18.5. The lowest BCUT2D eigenvalue weighted by molar-refractivity contribution is 0.438. The van der Waals surface area contributed by atoms with Crippen LogP contribution < -0.4 is 10.3 Å². The molecule has 0 fully saturated rings. The molecule has 0 radical (unpaired) electrons. The molecule has 2 heterocycles. The summed E-state index contributed by atoms with van der Waals surface area (Å²) < 4.78 is 59.0. The number of benzene rings is 2. The molecule has 166 valence electrons. The Labute approximate surface area is 186 Å². The van der Waals surface area contributed by atoms with Crippen LogP contribution in [0.25, 0.3) is 22.0 Å². The van der Waals surface area contributed by atoms with Gasteiger partial charge in [0.15, 0.2) is 21.4 Å². The monoisotopic (exact) mass is 478 g/mol. The van der Waals surface area contributed by atoms with E-state index in [9.17, 15) is 22.0 Å². The first-order valence-corrected chi connectivity index (χ1v) is 11.8. The number of fused-ring (bicyclic) bond motifs is 1. The maximum absolute atomic E-state index is 14.2. The smallest absolute Gasteiger partial charge is 0.274 e. The van der Waals surface area contributed by atoms with Crippen molar-refractivity contribution in [2.24, 2.45) is 7.05 Å². The molecule has 1 N–H and O–H groups in total. The number of pyridine rings is 1. The van der Waals surface area contributed by atoms with Crippen molar-refractivity contribution in [1.82, 2.24) is 9.55 Å². The Kier molecular flexibility index (Phi) is 5.56. The van der Waals surface area contributed by atoms with Gasteiger partial charge in [-0.1, -0.05) is 0 Å². The first-order valence-electron chi connectivity index (χ1n) is 9.33. The number of H-pyrrole nitrogens is 1. The molecule has 0 saturated carbocycles. The maximum Gasteiger partial charge on any atom is 0.274 e. The number of aromatic nitrogens is 2. The van der Waals surface area contributed by atoms with Gasteiger partial charge >= 0.3 is 0 Å². The van der Waals surface area contributed by atoms with Crippen molar-refractivity contribution in [2.45, 2.75) is 10.8 Å². The summed E-state index contributed by atoms with van der Waals surface area (Å²) in [5.41, 5.74) is 1.35. The zero-order valence-electron chi connectivity index (χ0n) is 16.9. The van der Waals surface area contributed by atoms with Crippen molar-refractivity contribution >= 4 is 32.3 Å². The molecule has 10 heteroatoms. The molecular formula is C22H17ClF2N2O4S. The van der Waals surface area contributed by atoms with E-state index in [4.69, 9.17) is 16.3 Å². The molecule has 0 aliphatic carbocycles. The van der Waals surface area contributed by atoms with Crippen LogP contribution in [-0.4, -0.2) is 24.2 Å². The van der Waals surface area contributed by atoms with E-state index in [0.717, 1.165) is 18.4 Å². The van der Waals surface area contributed by atoms with Crippen molar-refractivity contribution in [3.8, 4) is 22.6 Å². The lowest BCUT2D eigenvalue weighted by atomic mass is 10.0. The number of hydrogen-bond acceptors (Lipinski definition) is 4. The molecule has 0 unspecified atom stereocenters. The summed E-state index contributed by atoms with van der Waals surface area (Å²) in [4.78, 5) is 15.6. The van der Waals surface area contributed by atoms with Gasteiger partial charge in [-0.2, -0.15) is 0 Å². The van der Waals surface area contributed by atoms with Gasteiger partial charge < -0.3 is 14.3 Å². The topological polar surface area (TPSA) is 81.2 Å². The third-order valence-corrected chi connectivity index (χ3v) is 6.35. The largest absolute Gasteiger partial charge is 0.454 e. The van der Waals surface area contributed by atoms with Gasteiger partial charge in [0.1, 0.15) is 17.1 Å². The Hall–Kier alpha value is -3.17. The second-order valence-corrected chi connectivity index (χ2v) is 9.57. The van der Waals surface area contributed by atoms with E-state index in [-0.39, 0.29) is 33.4 Å². The first kappa shape index (κ1) is 22.0. The molecule has 0 bridgehead atoms. The highest BCUT2D eigenvalue weighted by Crippen LogP contribution is 2.39. The van der Waals surface area contributed by atoms with E-state index < -0.39 is 21.5 Å². The van der Waals surface area contributed by atoms with Crippen LogP contribution in [0.4, 0.5) is 8.78 Å². The molecule has 6 nitrogen and oxygen atoms in total. The van der Waals surface area contributed by atoms with E-state index in [2.05, 4.69) is 4.98 Å². The van der Waals surface area contributed by atoms with E-state index >= 15 is 0 Å². The maximum atomic E-state index is 14.2. The summed E-state index contributed by atoms with van der Waals surface area (Å²) in [6, 6.07) is 8.66. The van der Waals surface area contributed by atoms with Crippen molar-refractivity contribution in [3.63, 3.8) is 0 Å². The molecule has 4 aromatic rings. The number of sulfone groups is 1. The molecule has 0 aliphatic heterocycles. The highest BCUT2D eigenvalue weighted by atomic mass is 35.5. The zero-order chi connectivity index (χ0) is 23.2. The first-order chi connectivity index (χ1) is 15.1. The van der Waals surface area contributed by atoms with Gasteiger partial charge in [0.25, 0.3) is 5.56 Å². The third-order valence-electron chi connectivity index (χ3n) is 4.95. The van der Waals surface area contributed by atoms with Crippen molar-refractivity contribution in [3.05, 3.63) is 76.3 Å². The van der Waals surface area contributed by atoms with Crippen LogP contribution in [0.2, 0.25) is 0 Å². The minimum atomic E-state index is -3.58. The molecule has 2 aromatic carbocycles. The summed E-state index contributed by atoms with van der Waals surface area (Å²) in [7, 11) is -2.04. The van der Waals surface area contributed by atoms with Crippen molar-refractivity contribution in [2.75, 3.05) is 6.26 Å². The normalized spacial score (nSPS) is 11.8. The quantitative estimate of drug-likeness (QED) is 0.420. The van der Waals surface area contributed by atoms with Gasteiger partial charge in [-0.15, -0.1) is 11.6 Å². The lowest BCUT2D eigenvalue weighted by Gasteiger charge is -2.15. The van der Waals surface area contributed by atoms with Crippen LogP contribution in [0, 0.1) is 11.6 Å². The average Bonchev–Trinajstić information content (AvgIpc) is 3.17. The van der Waals surface area contributed by atoms with E-state index in [1.54, 1.807) is 13.1 Å². The summed E-state index contributed by atoms with van der Waals surface area (Å²) in [6.45, 7) is 0. The van der Waals surface area contributed by atoms with Gasteiger partial charge in [-0.05, 0) is 36.4 Å². The predicted molar refractivity (Wildman–Crippen MR) is 118 cm³/mol. The molecule has 0 aliphatic rings. The number of nitrogens with zero attached hydrogens (tertiary/aromatic N) is 1. The van der Waals surface area contributed by atoms with Crippen LogP contribution in [0.5, 0.6) is 11.5 Å². The Morgan fingerprint density at radius 2 is 1.78 bits per heavy atom. The number of alkyl halides is 1. The average molecular weight is 479 g/mol.